The Kier molecular flexibility index (Phi) is 6.38. The SMILES string of the molecule is COc1ccc([C@@H]2CC(=O)N(CC(=O)Nc3nc4c(C)cccc4s3)C2)cc1OC1CCOC1. The molecule has 34 heavy (non-hydrogen) atoms. The Morgan fingerprint density at radius 2 is 2.18 bits per heavy atom. The molecule has 1 unspecified atom stereocenters. The van der Waals surface area contributed by atoms with Crippen LogP contribution in [0.5, 0.6) is 11.5 Å². The van der Waals surface area contributed by atoms with Crippen molar-refractivity contribution in [2.75, 3.05) is 38.7 Å². The van der Waals surface area contributed by atoms with E-state index in [0.717, 1.165) is 27.8 Å². The van der Waals surface area contributed by atoms with Gasteiger partial charge in [0.05, 0.1) is 37.1 Å². The number of carbonyl (C=O) groups excluding carboxylic acids is 2. The molecule has 0 aliphatic carbocycles. The molecule has 8 nitrogen and oxygen atoms in total. The lowest BCUT2D eigenvalue weighted by Crippen LogP contribution is -2.34. The summed E-state index contributed by atoms with van der Waals surface area (Å²) in [6.07, 6.45) is 1.19. The van der Waals surface area contributed by atoms with Gasteiger partial charge in [0.2, 0.25) is 11.8 Å². The summed E-state index contributed by atoms with van der Waals surface area (Å²) >= 11 is 1.43. The van der Waals surface area contributed by atoms with E-state index in [-0.39, 0.29) is 30.4 Å². The van der Waals surface area contributed by atoms with Crippen molar-refractivity contribution in [2.24, 2.45) is 0 Å². The summed E-state index contributed by atoms with van der Waals surface area (Å²) in [6, 6.07) is 11.7. The van der Waals surface area contributed by atoms with Gasteiger partial charge in [0.1, 0.15) is 6.10 Å². The summed E-state index contributed by atoms with van der Waals surface area (Å²) in [6.45, 7) is 3.73. The van der Waals surface area contributed by atoms with Crippen molar-refractivity contribution in [1.82, 2.24) is 9.88 Å². The summed E-state index contributed by atoms with van der Waals surface area (Å²) in [5.74, 6) is 1.01. The lowest BCUT2D eigenvalue weighted by molar-refractivity contribution is -0.131. The molecular formula is C25H27N3O5S. The van der Waals surface area contributed by atoms with Gasteiger partial charge in [0.25, 0.3) is 0 Å². The molecule has 0 radical (unpaired) electrons. The van der Waals surface area contributed by atoms with Gasteiger partial charge in [-0.05, 0) is 36.2 Å². The van der Waals surface area contributed by atoms with E-state index in [2.05, 4.69) is 10.3 Å². The summed E-state index contributed by atoms with van der Waals surface area (Å²) in [7, 11) is 1.61. The molecule has 2 fully saturated rings. The Labute approximate surface area is 201 Å². The van der Waals surface area contributed by atoms with E-state index in [1.807, 2.05) is 43.3 Å². The minimum Gasteiger partial charge on any atom is -0.493 e. The summed E-state index contributed by atoms with van der Waals surface area (Å²) < 4.78 is 18.0. The fraction of sp³-hybridized carbons (Fsp3) is 0.400. The van der Waals surface area contributed by atoms with Gasteiger partial charge in [-0.15, -0.1) is 0 Å². The highest BCUT2D eigenvalue weighted by molar-refractivity contribution is 7.22. The minimum absolute atomic E-state index is 0.000788. The largest absolute Gasteiger partial charge is 0.493 e. The number of aryl methyl sites for hydroxylation is 1. The Hall–Kier alpha value is -3.17. The number of ether oxygens (including phenoxy) is 3. The number of rotatable bonds is 7. The van der Waals surface area contributed by atoms with Crippen LogP contribution in [0.15, 0.2) is 36.4 Å². The van der Waals surface area contributed by atoms with Crippen LogP contribution >= 0.6 is 11.3 Å². The van der Waals surface area contributed by atoms with E-state index in [0.29, 0.717) is 42.8 Å². The van der Waals surface area contributed by atoms with Crippen molar-refractivity contribution >= 4 is 38.5 Å². The molecular weight excluding hydrogens is 454 g/mol. The van der Waals surface area contributed by atoms with Crippen LogP contribution in [0.3, 0.4) is 0 Å². The fourth-order valence-electron chi connectivity index (χ4n) is 4.44. The number of benzene rings is 2. The number of likely N-dealkylation sites (tertiary alicyclic amines) is 1. The normalized spacial score (nSPS) is 20.2. The Balaban J connectivity index is 1.24. The minimum atomic E-state index is -0.245. The molecule has 9 heteroatoms. The number of nitrogens with one attached hydrogen (secondary N) is 1. The van der Waals surface area contributed by atoms with Gasteiger partial charge in [-0.1, -0.05) is 29.5 Å². The molecule has 5 rings (SSSR count). The van der Waals surface area contributed by atoms with Crippen LogP contribution < -0.4 is 14.8 Å². The van der Waals surface area contributed by atoms with E-state index < -0.39 is 0 Å². The molecule has 1 aromatic heterocycles. The maximum atomic E-state index is 12.7. The lowest BCUT2D eigenvalue weighted by Gasteiger charge is -2.18. The molecule has 0 spiro atoms. The van der Waals surface area contributed by atoms with Gasteiger partial charge in [-0.2, -0.15) is 0 Å². The highest BCUT2D eigenvalue weighted by atomic mass is 32.1. The number of hydrogen-bond donors (Lipinski definition) is 1. The number of para-hydroxylation sites is 1. The highest BCUT2D eigenvalue weighted by Crippen LogP contribution is 2.36. The molecule has 2 amide bonds. The molecule has 0 saturated carbocycles. The molecule has 1 N–H and O–H groups in total. The van der Waals surface area contributed by atoms with E-state index in [1.165, 1.54) is 11.3 Å². The van der Waals surface area contributed by atoms with Crippen molar-refractivity contribution < 1.29 is 23.8 Å². The molecule has 2 aliphatic heterocycles. The number of thiazole rings is 1. The second-order valence-corrected chi connectivity index (χ2v) is 9.71. The monoisotopic (exact) mass is 481 g/mol. The smallest absolute Gasteiger partial charge is 0.245 e. The average molecular weight is 482 g/mol. The van der Waals surface area contributed by atoms with Crippen molar-refractivity contribution in [3.05, 3.63) is 47.5 Å². The van der Waals surface area contributed by atoms with Gasteiger partial charge in [0, 0.05) is 25.3 Å². The summed E-state index contributed by atoms with van der Waals surface area (Å²) in [5, 5.41) is 3.40. The maximum absolute atomic E-state index is 12.7. The van der Waals surface area contributed by atoms with Crippen LogP contribution in [0.25, 0.3) is 10.2 Å². The van der Waals surface area contributed by atoms with Gasteiger partial charge in [0.15, 0.2) is 16.6 Å². The third-order valence-corrected chi connectivity index (χ3v) is 7.19. The predicted octanol–water partition coefficient (Wildman–Crippen LogP) is 3.74. The second kappa shape index (κ2) is 9.60. The van der Waals surface area contributed by atoms with Crippen LogP contribution in [0.1, 0.15) is 29.9 Å². The molecule has 2 aliphatic rings. The van der Waals surface area contributed by atoms with Crippen LogP contribution in [0.4, 0.5) is 5.13 Å². The van der Waals surface area contributed by atoms with Gasteiger partial charge >= 0.3 is 0 Å². The Morgan fingerprint density at radius 3 is 2.94 bits per heavy atom. The summed E-state index contributed by atoms with van der Waals surface area (Å²) in [4.78, 5) is 31.5. The van der Waals surface area contributed by atoms with Crippen molar-refractivity contribution in [2.45, 2.75) is 31.8 Å². The second-order valence-electron chi connectivity index (χ2n) is 8.68. The first-order chi connectivity index (χ1) is 16.5. The predicted molar refractivity (Wildman–Crippen MR) is 130 cm³/mol. The molecule has 3 heterocycles. The zero-order chi connectivity index (χ0) is 23.7. The number of anilines is 1. The molecule has 0 bridgehead atoms. The van der Waals surface area contributed by atoms with E-state index >= 15 is 0 Å². The molecule has 2 atom stereocenters. The first-order valence-electron chi connectivity index (χ1n) is 11.4. The van der Waals surface area contributed by atoms with Gasteiger partial charge in [-0.3, -0.25) is 9.59 Å². The van der Waals surface area contributed by atoms with Gasteiger partial charge < -0.3 is 24.4 Å². The number of fused-ring (bicyclic) bond motifs is 1. The molecule has 178 valence electrons. The number of amides is 2. The van der Waals surface area contributed by atoms with Crippen LogP contribution in [0.2, 0.25) is 0 Å². The molecule has 2 saturated heterocycles. The van der Waals surface area contributed by atoms with Gasteiger partial charge in [-0.25, -0.2) is 4.98 Å². The van der Waals surface area contributed by atoms with E-state index in [4.69, 9.17) is 14.2 Å². The third-order valence-electron chi connectivity index (χ3n) is 6.26. The molecule has 2 aromatic carbocycles. The number of nitrogens with zero attached hydrogens (tertiary/aromatic N) is 2. The van der Waals surface area contributed by atoms with Crippen molar-refractivity contribution in [1.29, 1.82) is 0 Å². The number of carbonyl (C=O) groups is 2. The quantitative estimate of drug-likeness (QED) is 0.553. The van der Waals surface area contributed by atoms with Crippen molar-refractivity contribution in [3.63, 3.8) is 0 Å². The van der Waals surface area contributed by atoms with E-state index in [9.17, 15) is 9.59 Å². The summed E-state index contributed by atoms with van der Waals surface area (Å²) in [5.41, 5.74) is 2.95. The Bertz CT molecular complexity index is 1220. The zero-order valence-corrected chi connectivity index (χ0v) is 20.0. The van der Waals surface area contributed by atoms with Crippen LogP contribution in [-0.4, -0.2) is 61.2 Å². The fourth-order valence-corrected chi connectivity index (χ4v) is 5.40. The maximum Gasteiger partial charge on any atom is 0.245 e. The lowest BCUT2D eigenvalue weighted by atomic mass is 9.98. The third kappa shape index (κ3) is 4.71. The van der Waals surface area contributed by atoms with Crippen LogP contribution in [-0.2, 0) is 14.3 Å². The number of aromatic nitrogens is 1. The molecule has 3 aromatic rings. The standard InChI is InChI=1S/C25H27N3O5S/c1-15-4-3-5-21-24(15)27-25(34-21)26-22(29)13-28-12-17(11-23(28)30)16-6-7-19(31-2)20(10-16)33-18-8-9-32-14-18/h3-7,10,17-18H,8-9,11-14H2,1-2H3,(H,26,27,29)/t17-,18?/m1/s1. The Morgan fingerprint density at radius 1 is 1.29 bits per heavy atom. The van der Waals surface area contributed by atoms with Crippen molar-refractivity contribution in [3.8, 4) is 11.5 Å². The first kappa shape index (κ1) is 22.6. The highest BCUT2D eigenvalue weighted by Gasteiger charge is 2.32. The van der Waals surface area contributed by atoms with Crippen LogP contribution in [0, 0.1) is 6.92 Å². The zero-order valence-electron chi connectivity index (χ0n) is 19.2. The number of hydrogen-bond acceptors (Lipinski definition) is 7. The topological polar surface area (TPSA) is 90.0 Å². The van der Waals surface area contributed by atoms with E-state index in [1.54, 1.807) is 12.0 Å². The average Bonchev–Trinajstić information content (AvgIpc) is 3.55. The number of methoxy groups -OCH3 is 1. The first-order valence-corrected chi connectivity index (χ1v) is 12.2.